The van der Waals surface area contributed by atoms with Gasteiger partial charge in [-0.2, -0.15) is 0 Å². The lowest BCUT2D eigenvalue weighted by molar-refractivity contribution is -0.138. The molecule has 2 fully saturated rings. The number of benzene rings is 2. The highest BCUT2D eigenvalue weighted by Crippen LogP contribution is 2.44. The van der Waals surface area contributed by atoms with E-state index >= 15 is 0 Å². The van der Waals surface area contributed by atoms with E-state index in [1.807, 2.05) is 24.3 Å². The molecule has 0 bridgehead atoms. The second-order valence-corrected chi connectivity index (χ2v) is 10.0. The number of ether oxygens (including phenoxy) is 1. The second-order valence-electron chi connectivity index (χ2n) is 10.0. The van der Waals surface area contributed by atoms with Crippen molar-refractivity contribution >= 4 is 18.0 Å². The number of carboxylic acid groups (broad SMARTS) is 1. The van der Waals surface area contributed by atoms with Crippen molar-refractivity contribution in [3.8, 4) is 11.1 Å². The van der Waals surface area contributed by atoms with Crippen LogP contribution < -0.4 is 10.6 Å². The average Bonchev–Trinajstić information content (AvgIpc) is 3.56. The molecule has 5 rings (SSSR count). The fourth-order valence-corrected chi connectivity index (χ4v) is 6.22. The van der Waals surface area contributed by atoms with Crippen molar-refractivity contribution in [2.24, 2.45) is 11.8 Å². The lowest BCUT2D eigenvalue weighted by Crippen LogP contribution is -2.47. The van der Waals surface area contributed by atoms with Gasteiger partial charge in [-0.15, -0.1) is 0 Å². The van der Waals surface area contributed by atoms with E-state index in [4.69, 9.17) is 9.84 Å². The minimum absolute atomic E-state index is 0.00985. The molecule has 4 atom stereocenters. The molecule has 2 unspecified atom stereocenters. The molecule has 7 nitrogen and oxygen atoms in total. The van der Waals surface area contributed by atoms with Crippen LogP contribution in [-0.4, -0.2) is 41.8 Å². The van der Waals surface area contributed by atoms with Gasteiger partial charge in [-0.05, 0) is 53.9 Å². The van der Waals surface area contributed by atoms with Crippen LogP contribution in [0.25, 0.3) is 11.1 Å². The molecule has 184 valence electrons. The van der Waals surface area contributed by atoms with E-state index in [-0.39, 0.29) is 48.8 Å². The van der Waals surface area contributed by atoms with Gasteiger partial charge in [0.2, 0.25) is 5.91 Å². The van der Waals surface area contributed by atoms with Crippen LogP contribution in [0.3, 0.4) is 0 Å². The summed E-state index contributed by atoms with van der Waals surface area (Å²) in [6, 6.07) is 16.0. The lowest BCUT2D eigenvalue weighted by Gasteiger charge is -2.25. The summed E-state index contributed by atoms with van der Waals surface area (Å²) in [5, 5.41) is 15.2. The van der Waals surface area contributed by atoms with Crippen LogP contribution in [-0.2, 0) is 14.3 Å². The van der Waals surface area contributed by atoms with Crippen LogP contribution in [0, 0.1) is 11.8 Å². The van der Waals surface area contributed by atoms with E-state index in [1.54, 1.807) is 0 Å². The number of alkyl carbamates (subject to hydrolysis) is 1. The standard InChI is InChI=1S/C28H32N2O5/c31-26(32)15-17-7-5-13-24(17)29-27(33)22-12-6-14-25(22)30-28(34)35-16-23-20-10-3-1-8-18(20)19-9-2-4-11-21(19)23/h1-4,8-11,17,22-25H,5-7,12-16H2,(H,29,33)(H,30,34)(H,31,32)/t17?,22-,24?,25+/m1/s1. The second kappa shape index (κ2) is 10.1. The molecule has 0 aliphatic heterocycles. The lowest BCUT2D eigenvalue weighted by atomic mass is 9.97. The van der Waals surface area contributed by atoms with Gasteiger partial charge in [-0.25, -0.2) is 4.79 Å². The third-order valence-corrected chi connectivity index (χ3v) is 7.92. The number of hydrogen-bond donors (Lipinski definition) is 3. The summed E-state index contributed by atoms with van der Waals surface area (Å²) in [5.74, 6) is -1.27. The quantitative estimate of drug-likeness (QED) is 0.548. The maximum Gasteiger partial charge on any atom is 0.407 e. The molecule has 2 aromatic carbocycles. The zero-order chi connectivity index (χ0) is 24.4. The van der Waals surface area contributed by atoms with Crippen LogP contribution in [0.1, 0.15) is 62.0 Å². The Bertz CT molecular complexity index is 1070. The van der Waals surface area contributed by atoms with Crippen molar-refractivity contribution in [1.29, 1.82) is 0 Å². The molecule has 3 aliphatic rings. The Labute approximate surface area is 205 Å². The average molecular weight is 477 g/mol. The molecule has 2 aromatic rings. The fraction of sp³-hybridized carbons (Fsp3) is 0.464. The molecule has 0 saturated heterocycles. The van der Waals surface area contributed by atoms with Crippen molar-refractivity contribution < 1.29 is 24.2 Å². The third kappa shape index (κ3) is 4.90. The maximum absolute atomic E-state index is 13.0. The van der Waals surface area contributed by atoms with E-state index in [9.17, 15) is 14.4 Å². The Balaban J connectivity index is 1.17. The van der Waals surface area contributed by atoms with E-state index in [1.165, 1.54) is 11.1 Å². The summed E-state index contributed by atoms with van der Waals surface area (Å²) in [5.41, 5.74) is 4.68. The molecule has 0 spiro atoms. The van der Waals surface area contributed by atoms with Crippen LogP contribution in [0.2, 0.25) is 0 Å². The number of carbonyl (C=O) groups excluding carboxylic acids is 2. The number of aliphatic carboxylic acids is 1. The Hall–Kier alpha value is -3.35. The van der Waals surface area contributed by atoms with Crippen molar-refractivity contribution in [2.75, 3.05) is 6.61 Å². The highest BCUT2D eigenvalue weighted by Gasteiger charge is 2.38. The maximum atomic E-state index is 13.0. The smallest absolute Gasteiger partial charge is 0.407 e. The summed E-state index contributed by atoms with van der Waals surface area (Å²) in [6.45, 7) is 0.238. The van der Waals surface area contributed by atoms with Gasteiger partial charge in [-0.3, -0.25) is 9.59 Å². The number of carboxylic acids is 1. The molecule has 35 heavy (non-hydrogen) atoms. The minimum Gasteiger partial charge on any atom is -0.481 e. The van der Waals surface area contributed by atoms with E-state index < -0.39 is 12.1 Å². The first kappa shape index (κ1) is 23.4. The SMILES string of the molecule is O=C(O)CC1CCCC1NC(=O)[C@@H]1CCC[C@@H]1NC(=O)OCC1c2ccccc2-c2ccccc21. The van der Waals surface area contributed by atoms with Crippen LogP contribution in [0.15, 0.2) is 48.5 Å². The highest BCUT2D eigenvalue weighted by atomic mass is 16.5. The zero-order valence-electron chi connectivity index (χ0n) is 19.7. The summed E-state index contributed by atoms with van der Waals surface area (Å²) in [4.78, 5) is 36.9. The Morgan fingerprint density at radius 2 is 1.46 bits per heavy atom. The summed E-state index contributed by atoms with van der Waals surface area (Å²) in [7, 11) is 0. The molecular formula is C28H32N2O5. The monoisotopic (exact) mass is 476 g/mol. The topological polar surface area (TPSA) is 105 Å². The largest absolute Gasteiger partial charge is 0.481 e. The van der Waals surface area contributed by atoms with Gasteiger partial charge in [0.05, 0.1) is 12.3 Å². The van der Waals surface area contributed by atoms with E-state index in [0.29, 0.717) is 6.42 Å². The van der Waals surface area contributed by atoms with Gasteiger partial charge in [0.1, 0.15) is 6.61 Å². The summed E-state index contributed by atoms with van der Waals surface area (Å²) >= 11 is 0. The molecule has 7 heteroatoms. The van der Waals surface area contributed by atoms with E-state index in [0.717, 1.165) is 43.2 Å². The number of fused-ring (bicyclic) bond motifs is 3. The number of carbonyl (C=O) groups is 3. The fourth-order valence-electron chi connectivity index (χ4n) is 6.22. The highest BCUT2D eigenvalue weighted by molar-refractivity contribution is 5.81. The minimum atomic E-state index is -0.827. The van der Waals surface area contributed by atoms with Gasteiger partial charge >= 0.3 is 12.1 Å². The van der Waals surface area contributed by atoms with Gasteiger partial charge < -0.3 is 20.5 Å². The first-order valence-corrected chi connectivity index (χ1v) is 12.6. The van der Waals surface area contributed by atoms with Crippen LogP contribution in [0.5, 0.6) is 0 Å². The Morgan fingerprint density at radius 1 is 0.829 bits per heavy atom. The van der Waals surface area contributed by atoms with Crippen LogP contribution in [0.4, 0.5) is 4.79 Å². The van der Waals surface area contributed by atoms with Crippen molar-refractivity contribution in [3.05, 3.63) is 59.7 Å². The van der Waals surface area contributed by atoms with Gasteiger partial charge in [-0.1, -0.05) is 61.4 Å². The summed E-state index contributed by atoms with van der Waals surface area (Å²) in [6.07, 6.45) is 4.43. The Morgan fingerprint density at radius 3 is 2.14 bits per heavy atom. The molecule has 0 heterocycles. The normalized spacial score (nSPS) is 25.0. The number of rotatable bonds is 7. The number of amides is 2. The molecule has 3 aliphatic carbocycles. The molecular weight excluding hydrogens is 444 g/mol. The Kier molecular flexibility index (Phi) is 6.75. The van der Waals surface area contributed by atoms with Crippen molar-refractivity contribution in [1.82, 2.24) is 10.6 Å². The molecule has 0 aromatic heterocycles. The summed E-state index contributed by atoms with van der Waals surface area (Å²) < 4.78 is 5.68. The van der Waals surface area contributed by atoms with Gasteiger partial charge in [0.15, 0.2) is 0 Å². The first-order chi connectivity index (χ1) is 17.0. The van der Waals surface area contributed by atoms with Gasteiger partial charge in [0, 0.05) is 18.0 Å². The molecule has 2 amide bonds. The number of nitrogens with one attached hydrogen (secondary N) is 2. The first-order valence-electron chi connectivity index (χ1n) is 12.6. The van der Waals surface area contributed by atoms with Crippen molar-refractivity contribution in [2.45, 2.75) is 62.9 Å². The van der Waals surface area contributed by atoms with Crippen molar-refractivity contribution in [3.63, 3.8) is 0 Å². The zero-order valence-corrected chi connectivity index (χ0v) is 19.7. The van der Waals surface area contributed by atoms with E-state index in [2.05, 4.69) is 34.9 Å². The van der Waals surface area contributed by atoms with Gasteiger partial charge in [0.25, 0.3) is 0 Å². The molecule has 2 saturated carbocycles. The molecule has 0 radical (unpaired) electrons. The predicted octanol–water partition coefficient (Wildman–Crippen LogP) is 4.45. The molecule has 3 N–H and O–H groups in total. The number of hydrogen-bond acceptors (Lipinski definition) is 4. The van der Waals surface area contributed by atoms with Crippen LogP contribution >= 0.6 is 0 Å². The third-order valence-electron chi connectivity index (χ3n) is 7.92. The predicted molar refractivity (Wildman–Crippen MR) is 131 cm³/mol.